The minimum atomic E-state index is -0.0209. The summed E-state index contributed by atoms with van der Waals surface area (Å²) >= 11 is 0. The first-order chi connectivity index (χ1) is 10.1. The van der Waals surface area contributed by atoms with E-state index < -0.39 is 0 Å². The molecule has 1 fully saturated rings. The van der Waals surface area contributed by atoms with Crippen LogP contribution in [-0.2, 0) is 17.9 Å². The Labute approximate surface area is 128 Å². The van der Waals surface area contributed by atoms with Gasteiger partial charge in [0.15, 0.2) is 0 Å². The van der Waals surface area contributed by atoms with Crippen LogP contribution >= 0.6 is 0 Å². The monoisotopic (exact) mass is 286 g/mol. The Morgan fingerprint density at radius 3 is 2.33 bits per heavy atom. The number of nitrogens with one attached hydrogen (secondary N) is 1. The zero-order valence-electron chi connectivity index (χ0n) is 13.2. The van der Waals surface area contributed by atoms with Gasteiger partial charge in [-0.1, -0.05) is 36.3 Å². The maximum absolute atomic E-state index is 11.6. The Kier molecular flexibility index (Phi) is 6.00. The van der Waals surface area contributed by atoms with Crippen molar-refractivity contribution >= 4 is 5.91 Å². The van der Waals surface area contributed by atoms with E-state index >= 15 is 0 Å². The van der Waals surface area contributed by atoms with Gasteiger partial charge in [-0.2, -0.15) is 0 Å². The molecule has 1 saturated heterocycles. The average Bonchev–Trinajstić information content (AvgIpc) is 2.47. The number of benzene rings is 1. The highest BCUT2D eigenvalue weighted by atomic mass is 16.1. The molecule has 0 aromatic heterocycles. The molecule has 1 aromatic rings. The fourth-order valence-electron chi connectivity index (χ4n) is 2.64. The fraction of sp³-hybridized carbons (Fsp3) is 0.500. The second kappa shape index (κ2) is 7.99. The maximum Gasteiger partial charge on any atom is 0.244 e. The van der Waals surface area contributed by atoms with Gasteiger partial charge in [-0.3, -0.25) is 9.69 Å². The molecule has 1 amide bonds. The number of carbonyl (C=O) groups is 1. The van der Waals surface area contributed by atoms with E-state index in [1.165, 1.54) is 37.9 Å². The maximum atomic E-state index is 11.6. The van der Waals surface area contributed by atoms with E-state index in [4.69, 9.17) is 0 Å². The molecule has 114 valence electrons. The molecule has 3 heteroatoms. The summed E-state index contributed by atoms with van der Waals surface area (Å²) in [5.74, 6) is -0.0209. The number of piperidine rings is 1. The second-order valence-electron chi connectivity index (χ2n) is 6.09. The molecule has 1 aliphatic heterocycles. The molecule has 0 unspecified atom stereocenters. The van der Waals surface area contributed by atoms with E-state index in [2.05, 4.69) is 34.5 Å². The van der Waals surface area contributed by atoms with Gasteiger partial charge in [-0.15, -0.1) is 0 Å². The van der Waals surface area contributed by atoms with E-state index in [1.54, 1.807) is 6.08 Å². The minimum absolute atomic E-state index is 0.0209. The predicted molar refractivity (Wildman–Crippen MR) is 86.8 cm³/mol. The van der Waals surface area contributed by atoms with Gasteiger partial charge >= 0.3 is 0 Å². The van der Waals surface area contributed by atoms with Gasteiger partial charge in [0.2, 0.25) is 5.91 Å². The van der Waals surface area contributed by atoms with Crippen molar-refractivity contribution in [2.75, 3.05) is 13.1 Å². The fourth-order valence-corrected chi connectivity index (χ4v) is 2.64. The minimum Gasteiger partial charge on any atom is -0.348 e. The van der Waals surface area contributed by atoms with Crippen molar-refractivity contribution < 1.29 is 4.79 Å². The molecule has 1 aliphatic rings. The number of likely N-dealkylation sites (tertiary alicyclic amines) is 1. The molecule has 0 bridgehead atoms. The van der Waals surface area contributed by atoms with E-state index in [1.807, 2.05) is 13.8 Å². The highest BCUT2D eigenvalue weighted by molar-refractivity contribution is 5.87. The van der Waals surface area contributed by atoms with Crippen LogP contribution in [0.3, 0.4) is 0 Å². The van der Waals surface area contributed by atoms with Crippen molar-refractivity contribution in [1.29, 1.82) is 0 Å². The Bertz CT molecular complexity index is 480. The number of rotatable bonds is 5. The number of hydrogen-bond acceptors (Lipinski definition) is 2. The Morgan fingerprint density at radius 1 is 1.10 bits per heavy atom. The van der Waals surface area contributed by atoms with Crippen molar-refractivity contribution in [3.05, 3.63) is 47.0 Å². The van der Waals surface area contributed by atoms with Crippen LogP contribution in [0.15, 0.2) is 35.9 Å². The highest BCUT2D eigenvalue weighted by Gasteiger charge is 2.10. The first-order valence-electron chi connectivity index (χ1n) is 7.86. The van der Waals surface area contributed by atoms with Gasteiger partial charge in [0.1, 0.15) is 0 Å². The summed E-state index contributed by atoms with van der Waals surface area (Å²) < 4.78 is 0. The van der Waals surface area contributed by atoms with Crippen molar-refractivity contribution in [1.82, 2.24) is 10.2 Å². The van der Waals surface area contributed by atoms with Crippen LogP contribution in [0.2, 0.25) is 0 Å². The lowest BCUT2D eigenvalue weighted by molar-refractivity contribution is -0.116. The molecule has 3 nitrogen and oxygen atoms in total. The van der Waals surface area contributed by atoms with Gasteiger partial charge in [0.05, 0.1) is 0 Å². The number of hydrogen-bond donors (Lipinski definition) is 1. The molecule has 0 atom stereocenters. The van der Waals surface area contributed by atoms with Crippen LogP contribution in [0.5, 0.6) is 0 Å². The smallest absolute Gasteiger partial charge is 0.244 e. The summed E-state index contributed by atoms with van der Waals surface area (Å²) in [5, 5.41) is 2.91. The topological polar surface area (TPSA) is 32.3 Å². The Balaban J connectivity index is 1.81. The normalized spacial score (nSPS) is 15.5. The van der Waals surface area contributed by atoms with Gasteiger partial charge in [0, 0.05) is 19.2 Å². The summed E-state index contributed by atoms with van der Waals surface area (Å²) in [6, 6.07) is 8.58. The van der Waals surface area contributed by atoms with Crippen LogP contribution in [0.1, 0.15) is 44.2 Å². The average molecular weight is 286 g/mol. The summed E-state index contributed by atoms with van der Waals surface area (Å²) in [6.45, 7) is 7.93. The lowest BCUT2D eigenvalue weighted by Gasteiger charge is -2.26. The molecule has 1 heterocycles. The van der Waals surface area contributed by atoms with Crippen LogP contribution < -0.4 is 5.32 Å². The molecular formula is C18H26N2O. The van der Waals surface area contributed by atoms with E-state index in [9.17, 15) is 4.79 Å². The van der Waals surface area contributed by atoms with Gasteiger partial charge in [-0.25, -0.2) is 0 Å². The van der Waals surface area contributed by atoms with Crippen LogP contribution in [0.4, 0.5) is 0 Å². The SMILES string of the molecule is CC(C)=CC(=O)NCc1ccc(CN2CCCCC2)cc1. The summed E-state index contributed by atoms with van der Waals surface area (Å²) in [5.41, 5.74) is 3.52. The standard InChI is InChI=1S/C18H26N2O/c1-15(2)12-18(21)19-13-16-6-8-17(9-7-16)14-20-10-4-3-5-11-20/h6-9,12H,3-5,10-11,13-14H2,1-2H3,(H,19,21). The first kappa shape index (κ1) is 15.8. The zero-order valence-corrected chi connectivity index (χ0v) is 13.2. The molecule has 1 N–H and O–H groups in total. The Hall–Kier alpha value is -1.61. The lowest BCUT2D eigenvalue weighted by Crippen LogP contribution is -2.29. The third kappa shape index (κ3) is 5.72. The van der Waals surface area contributed by atoms with E-state index in [-0.39, 0.29) is 5.91 Å². The predicted octanol–water partition coefficient (Wildman–Crippen LogP) is 3.25. The third-order valence-corrected chi connectivity index (χ3v) is 3.76. The quantitative estimate of drug-likeness (QED) is 0.843. The number of carbonyl (C=O) groups excluding carboxylic acids is 1. The largest absolute Gasteiger partial charge is 0.348 e. The van der Waals surface area contributed by atoms with Crippen LogP contribution in [0.25, 0.3) is 0 Å². The van der Waals surface area contributed by atoms with Crippen molar-refractivity contribution in [2.24, 2.45) is 0 Å². The number of nitrogens with zero attached hydrogens (tertiary/aromatic N) is 1. The first-order valence-corrected chi connectivity index (χ1v) is 7.86. The summed E-state index contributed by atoms with van der Waals surface area (Å²) in [6.07, 6.45) is 5.66. The molecule has 0 saturated carbocycles. The van der Waals surface area contributed by atoms with Crippen LogP contribution in [-0.4, -0.2) is 23.9 Å². The molecule has 21 heavy (non-hydrogen) atoms. The summed E-state index contributed by atoms with van der Waals surface area (Å²) in [4.78, 5) is 14.1. The van der Waals surface area contributed by atoms with Gasteiger partial charge in [0.25, 0.3) is 0 Å². The lowest BCUT2D eigenvalue weighted by atomic mass is 10.1. The third-order valence-electron chi connectivity index (χ3n) is 3.76. The number of amides is 1. The van der Waals surface area contributed by atoms with Gasteiger partial charge in [-0.05, 0) is 50.9 Å². The molecule has 1 aromatic carbocycles. The highest BCUT2D eigenvalue weighted by Crippen LogP contribution is 2.13. The zero-order chi connectivity index (χ0) is 15.1. The van der Waals surface area contributed by atoms with Crippen molar-refractivity contribution in [2.45, 2.75) is 46.2 Å². The molecule has 0 radical (unpaired) electrons. The van der Waals surface area contributed by atoms with Gasteiger partial charge < -0.3 is 5.32 Å². The molecular weight excluding hydrogens is 260 g/mol. The van der Waals surface area contributed by atoms with E-state index in [0.717, 1.165) is 17.7 Å². The Morgan fingerprint density at radius 2 is 1.71 bits per heavy atom. The molecule has 2 rings (SSSR count). The second-order valence-corrected chi connectivity index (χ2v) is 6.09. The number of allylic oxidation sites excluding steroid dienone is 1. The summed E-state index contributed by atoms with van der Waals surface area (Å²) in [7, 11) is 0. The van der Waals surface area contributed by atoms with Crippen LogP contribution in [0, 0.1) is 0 Å². The molecule has 0 spiro atoms. The van der Waals surface area contributed by atoms with Crippen molar-refractivity contribution in [3.8, 4) is 0 Å². The van der Waals surface area contributed by atoms with E-state index in [0.29, 0.717) is 6.54 Å². The van der Waals surface area contributed by atoms with Crippen molar-refractivity contribution in [3.63, 3.8) is 0 Å². The molecule has 0 aliphatic carbocycles.